The van der Waals surface area contributed by atoms with Crippen molar-refractivity contribution in [3.63, 3.8) is 0 Å². The lowest BCUT2D eigenvalue weighted by Crippen LogP contribution is -2.01. The van der Waals surface area contributed by atoms with Crippen molar-refractivity contribution >= 4 is 17.0 Å². The SMILES string of the molecule is Nc1ccc(C(O)Cc2nccs2)cc1. The van der Waals surface area contributed by atoms with Crippen LogP contribution in [0.2, 0.25) is 0 Å². The molecule has 4 heteroatoms. The molecule has 2 aromatic rings. The lowest BCUT2D eigenvalue weighted by Gasteiger charge is -2.09. The predicted molar refractivity (Wildman–Crippen MR) is 61.6 cm³/mol. The second kappa shape index (κ2) is 4.42. The molecule has 0 spiro atoms. The molecule has 1 unspecified atom stereocenters. The maximum absolute atomic E-state index is 9.91. The van der Waals surface area contributed by atoms with Crippen LogP contribution in [0.4, 0.5) is 5.69 Å². The van der Waals surface area contributed by atoms with Gasteiger partial charge in [0.2, 0.25) is 0 Å². The third-order valence-electron chi connectivity index (χ3n) is 2.17. The Balaban J connectivity index is 2.08. The number of hydrogen-bond donors (Lipinski definition) is 2. The first-order valence-electron chi connectivity index (χ1n) is 4.67. The monoisotopic (exact) mass is 220 g/mol. The first-order chi connectivity index (χ1) is 7.25. The van der Waals surface area contributed by atoms with Crippen LogP contribution < -0.4 is 5.73 Å². The quantitative estimate of drug-likeness (QED) is 0.778. The molecule has 0 fully saturated rings. The summed E-state index contributed by atoms with van der Waals surface area (Å²) < 4.78 is 0. The first kappa shape index (κ1) is 10.1. The van der Waals surface area contributed by atoms with E-state index in [4.69, 9.17) is 5.73 Å². The van der Waals surface area contributed by atoms with Crippen molar-refractivity contribution in [2.24, 2.45) is 0 Å². The van der Waals surface area contributed by atoms with E-state index < -0.39 is 6.10 Å². The van der Waals surface area contributed by atoms with E-state index in [0.29, 0.717) is 12.1 Å². The summed E-state index contributed by atoms with van der Waals surface area (Å²) in [6, 6.07) is 7.27. The fourth-order valence-electron chi connectivity index (χ4n) is 1.36. The van der Waals surface area contributed by atoms with E-state index in [0.717, 1.165) is 10.6 Å². The molecule has 78 valence electrons. The third kappa shape index (κ3) is 2.55. The maximum atomic E-state index is 9.91. The zero-order valence-corrected chi connectivity index (χ0v) is 8.95. The lowest BCUT2D eigenvalue weighted by atomic mass is 10.1. The molecule has 0 aliphatic rings. The van der Waals surface area contributed by atoms with Crippen LogP contribution in [0.25, 0.3) is 0 Å². The molecule has 3 N–H and O–H groups in total. The Bertz CT molecular complexity index is 411. The summed E-state index contributed by atoms with van der Waals surface area (Å²) in [5, 5.41) is 12.8. The molecule has 1 heterocycles. The van der Waals surface area contributed by atoms with Crippen LogP contribution in [-0.4, -0.2) is 10.1 Å². The van der Waals surface area contributed by atoms with Gasteiger partial charge in [0.15, 0.2) is 0 Å². The third-order valence-corrected chi connectivity index (χ3v) is 2.97. The van der Waals surface area contributed by atoms with Gasteiger partial charge < -0.3 is 10.8 Å². The zero-order valence-electron chi connectivity index (χ0n) is 8.13. The van der Waals surface area contributed by atoms with E-state index in [1.807, 2.05) is 17.5 Å². The topological polar surface area (TPSA) is 59.1 Å². The summed E-state index contributed by atoms with van der Waals surface area (Å²) >= 11 is 1.55. The Kier molecular flexibility index (Phi) is 2.99. The molecule has 0 amide bonds. The van der Waals surface area contributed by atoms with Gasteiger partial charge in [0.05, 0.1) is 11.1 Å². The number of rotatable bonds is 3. The van der Waals surface area contributed by atoms with Crippen molar-refractivity contribution in [3.05, 3.63) is 46.4 Å². The molecule has 0 aliphatic carbocycles. The highest BCUT2D eigenvalue weighted by molar-refractivity contribution is 7.09. The molecule has 2 rings (SSSR count). The van der Waals surface area contributed by atoms with Crippen molar-refractivity contribution in [3.8, 4) is 0 Å². The highest BCUT2D eigenvalue weighted by atomic mass is 32.1. The molecule has 1 atom stereocenters. The molecular formula is C11H12N2OS. The average Bonchev–Trinajstić information content (AvgIpc) is 2.71. The van der Waals surface area contributed by atoms with Gasteiger partial charge in [-0.15, -0.1) is 11.3 Å². The van der Waals surface area contributed by atoms with Crippen LogP contribution in [-0.2, 0) is 6.42 Å². The summed E-state index contributed by atoms with van der Waals surface area (Å²) in [6.07, 6.45) is 1.80. The van der Waals surface area contributed by atoms with Gasteiger partial charge in [-0.05, 0) is 17.7 Å². The van der Waals surface area contributed by atoms with Crippen molar-refractivity contribution < 1.29 is 5.11 Å². The number of aromatic nitrogens is 1. The van der Waals surface area contributed by atoms with Crippen molar-refractivity contribution in [1.29, 1.82) is 0 Å². The van der Waals surface area contributed by atoms with Crippen molar-refractivity contribution in [2.75, 3.05) is 5.73 Å². The number of benzene rings is 1. The molecule has 0 radical (unpaired) electrons. The van der Waals surface area contributed by atoms with Crippen LogP contribution in [0, 0.1) is 0 Å². The molecule has 3 nitrogen and oxygen atoms in total. The summed E-state index contributed by atoms with van der Waals surface area (Å²) in [4.78, 5) is 4.13. The molecular weight excluding hydrogens is 208 g/mol. The van der Waals surface area contributed by atoms with Crippen LogP contribution in [0.15, 0.2) is 35.8 Å². The Morgan fingerprint density at radius 1 is 1.33 bits per heavy atom. The minimum Gasteiger partial charge on any atom is -0.399 e. The minimum absolute atomic E-state index is 0.503. The number of thiazole rings is 1. The van der Waals surface area contributed by atoms with E-state index in [1.54, 1.807) is 29.7 Å². The second-order valence-electron chi connectivity index (χ2n) is 3.31. The lowest BCUT2D eigenvalue weighted by molar-refractivity contribution is 0.178. The molecule has 0 bridgehead atoms. The van der Waals surface area contributed by atoms with Gasteiger partial charge in [-0.25, -0.2) is 4.98 Å². The zero-order chi connectivity index (χ0) is 10.7. The van der Waals surface area contributed by atoms with Gasteiger partial charge in [0, 0.05) is 23.7 Å². The van der Waals surface area contributed by atoms with Gasteiger partial charge in [0.1, 0.15) is 0 Å². The largest absolute Gasteiger partial charge is 0.399 e. The number of nitrogen functional groups attached to an aromatic ring is 1. The highest BCUT2D eigenvalue weighted by Gasteiger charge is 2.09. The highest BCUT2D eigenvalue weighted by Crippen LogP contribution is 2.20. The Labute approximate surface area is 92.2 Å². The number of aliphatic hydroxyl groups excluding tert-OH is 1. The molecule has 0 aliphatic heterocycles. The summed E-state index contributed by atoms with van der Waals surface area (Å²) in [6.45, 7) is 0. The molecule has 0 saturated carbocycles. The van der Waals surface area contributed by atoms with Crippen LogP contribution in [0.3, 0.4) is 0 Å². The second-order valence-corrected chi connectivity index (χ2v) is 4.29. The number of hydrogen-bond acceptors (Lipinski definition) is 4. The van der Waals surface area contributed by atoms with E-state index in [-0.39, 0.29) is 0 Å². The van der Waals surface area contributed by atoms with Gasteiger partial charge in [-0.3, -0.25) is 0 Å². The number of aliphatic hydroxyl groups is 1. The fraction of sp³-hybridized carbons (Fsp3) is 0.182. The normalized spacial score (nSPS) is 12.6. The van der Waals surface area contributed by atoms with E-state index in [9.17, 15) is 5.11 Å². The van der Waals surface area contributed by atoms with Gasteiger partial charge >= 0.3 is 0 Å². The van der Waals surface area contributed by atoms with Crippen molar-refractivity contribution in [1.82, 2.24) is 4.98 Å². The van der Waals surface area contributed by atoms with E-state index in [2.05, 4.69) is 4.98 Å². The number of nitrogens with zero attached hydrogens (tertiary/aromatic N) is 1. The van der Waals surface area contributed by atoms with Crippen LogP contribution in [0.1, 0.15) is 16.7 Å². The summed E-state index contributed by atoms with van der Waals surface area (Å²) in [5.74, 6) is 0. The van der Waals surface area contributed by atoms with E-state index in [1.165, 1.54) is 0 Å². The van der Waals surface area contributed by atoms with Crippen LogP contribution in [0.5, 0.6) is 0 Å². The number of anilines is 1. The Hall–Kier alpha value is -1.39. The smallest absolute Gasteiger partial charge is 0.0954 e. The fourth-order valence-corrected chi connectivity index (χ4v) is 2.01. The molecule has 15 heavy (non-hydrogen) atoms. The van der Waals surface area contributed by atoms with Gasteiger partial charge in [-0.2, -0.15) is 0 Å². The van der Waals surface area contributed by atoms with Crippen molar-refractivity contribution in [2.45, 2.75) is 12.5 Å². The average molecular weight is 220 g/mol. The maximum Gasteiger partial charge on any atom is 0.0954 e. The molecule has 1 aromatic carbocycles. The van der Waals surface area contributed by atoms with E-state index >= 15 is 0 Å². The predicted octanol–water partition coefficient (Wildman–Crippen LogP) is 2.00. The Morgan fingerprint density at radius 3 is 2.67 bits per heavy atom. The van der Waals surface area contributed by atoms with Crippen LogP contribution >= 0.6 is 11.3 Å². The van der Waals surface area contributed by atoms with Gasteiger partial charge in [-0.1, -0.05) is 12.1 Å². The Morgan fingerprint density at radius 2 is 2.07 bits per heavy atom. The summed E-state index contributed by atoms with van der Waals surface area (Å²) in [5.41, 5.74) is 7.15. The minimum atomic E-state index is -0.503. The first-order valence-corrected chi connectivity index (χ1v) is 5.55. The number of nitrogens with two attached hydrogens (primary N) is 1. The standard InChI is InChI=1S/C11H12N2OS/c12-9-3-1-8(2-4-9)10(14)7-11-13-5-6-15-11/h1-6,10,14H,7,12H2. The summed E-state index contributed by atoms with van der Waals surface area (Å²) in [7, 11) is 0. The molecule has 0 saturated heterocycles. The van der Waals surface area contributed by atoms with Gasteiger partial charge in [0.25, 0.3) is 0 Å². The molecule has 1 aromatic heterocycles.